The molecule has 2 heterocycles. The van der Waals surface area contributed by atoms with Crippen LogP contribution in [0.15, 0.2) is 12.3 Å². The number of hydrogen-bond donors (Lipinski definition) is 1. The van der Waals surface area contributed by atoms with Gasteiger partial charge in [-0.3, -0.25) is 0 Å². The number of halogens is 1. The maximum atomic E-state index is 14.1. The van der Waals surface area contributed by atoms with Gasteiger partial charge in [-0.2, -0.15) is 0 Å². The first-order valence-corrected chi connectivity index (χ1v) is 5.83. The predicted molar refractivity (Wildman–Crippen MR) is 64.4 cm³/mol. The summed E-state index contributed by atoms with van der Waals surface area (Å²) < 4.78 is 14.1. The van der Waals surface area contributed by atoms with Gasteiger partial charge in [-0.15, -0.1) is 0 Å². The minimum atomic E-state index is -0.397. The molecule has 1 N–H and O–H groups in total. The minimum Gasteiger partial charge on any atom is -0.392 e. The van der Waals surface area contributed by atoms with Gasteiger partial charge in [0.05, 0.1) is 6.61 Å². The lowest BCUT2D eigenvalue weighted by atomic mass is 10.1. The van der Waals surface area contributed by atoms with Gasteiger partial charge in [0.2, 0.25) is 0 Å². The zero-order valence-electron chi connectivity index (χ0n) is 10.2. The van der Waals surface area contributed by atoms with E-state index in [9.17, 15) is 4.39 Å². The molecule has 1 saturated heterocycles. The first-order valence-electron chi connectivity index (χ1n) is 5.83. The Kier molecular flexibility index (Phi) is 3.59. The molecule has 0 saturated carbocycles. The van der Waals surface area contributed by atoms with Gasteiger partial charge in [-0.25, -0.2) is 9.37 Å². The summed E-state index contributed by atoms with van der Waals surface area (Å²) in [5.41, 5.74) is 0.307. The highest BCUT2D eigenvalue weighted by molar-refractivity contribution is 5.44. The SMILES string of the molecule is CC1CN(C)CCN1c1nccc(CO)c1F. The summed E-state index contributed by atoms with van der Waals surface area (Å²) in [5, 5.41) is 9.05. The fourth-order valence-corrected chi connectivity index (χ4v) is 2.25. The zero-order valence-corrected chi connectivity index (χ0v) is 10.2. The average Bonchev–Trinajstić information content (AvgIpc) is 2.30. The van der Waals surface area contributed by atoms with Crippen molar-refractivity contribution in [3.8, 4) is 0 Å². The topological polar surface area (TPSA) is 39.6 Å². The van der Waals surface area contributed by atoms with E-state index in [-0.39, 0.29) is 12.6 Å². The highest BCUT2D eigenvalue weighted by Gasteiger charge is 2.25. The highest BCUT2D eigenvalue weighted by Crippen LogP contribution is 2.23. The van der Waals surface area contributed by atoms with Crippen LogP contribution < -0.4 is 4.90 Å². The van der Waals surface area contributed by atoms with E-state index in [1.165, 1.54) is 6.07 Å². The molecule has 1 fully saturated rings. The lowest BCUT2D eigenvalue weighted by Gasteiger charge is -2.39. The standard InChI is InChI=1S/C12H18FN3O/c1-9-7-15(2)5-6-16(9)12-11(13)10(8-17)3-4-14-12/h3-4,9,17H,5-8H2,1-2H3. The van der Waals surface area contributed by atoms with Crippen LogP contribution in [0.3, 0.4) is 0 Å². The number of hydrogen-bond acceptors (Lipinski definition) is 4. The number of anilines is 1. The van der Waals surface area contributed by atoms with Crippen molar-refractivity contribution in [1.29, 1.82) is 0 Å². The van der Waals surface area contributed by atoms with Crippen molar-refractivity contribution in [3.05, 3.63) is 23.6 Å². The molecule has 0 aliphatic carbocycles. The van der Waals surface area contributed by atoms with E-state index in [0.29, 0.717) is 11.4 Å². The van der Waals surface area contributed by atoms with Crippen LogP contribution in [0.4, 0.5) is 10.2 Å². The van der Waals surface area contributed by atoms with Gasteiger partial charge >= 0.3 is 0 Å². The summed E-state index contributed by atoms with van der Waals surface area (Å²) in [5.74, 6) is -0.0384. The van der Waals surface area contributed by atoms with Gasteiger partial charge in [0.15, 0.2) is 11.6 Å². The number of aromatic nitrogens is 1. The normalized spacial score (nSPS) is 21.9. The largest absolute Gasteiger partial charge is 0.392 e. The summed E-state index contributed by atoms with van der Waals surface area (Å²) in [6.07, 6.45) is 1.55. The van der Waals surface area contributed by atoms with Gasteiger partial charge in [-0.05, 0) is 20.0 Å². The molecule has 0 amide bonds. The molecule has 0 radical (unpaired) electrons. The molecule has 17 heavy (non-hydrogen) atoms. The zero-order chi connectivity index (χ0) is 12.4. The number of aliphatic hydroxyl groups excluding tert-OH is 1. The second kappa shape index (κ2) is 4.98. The second-order valence-corrected chi connectivity index (χ2v) is 4.57. The summed E-state index contributed by atoms with van der Waals surface area (Å²) in [6.45, 7) is 4.32. The number of rotatable bonds is 2. The van der Waals surface area contributed by atoms with E-state index >= 15 is 0 Å². The van der Waals surface area contributed by atoms with Crippen LogP contribution in [0.5, 0.6) is 0 Å². The first kappa shape index (κ1) is 12.3. The molecule has 5 heteroatoms. The summed E-state index contributed by atoms with van der Waals surface area (Å²) >= 11 is 0. The van der Waals surface area contributed by atoms with Crippen molar-refractivity contribution in [3.63, 3.8) is 0 Å². The number of likely N-dealkylation sites (N-methyl/N-ethyl adjacent to an activating group) is 1. The van der Waals surface area contributed by atoms with Gasteiger partial charge in [0, 0.05) is 37.4 Å². The van der Waals surface area contributed by atoms with Gasteiger partial charge in [0.25, 0.3) is 0 Å². The van der Waals surface area contributed by atoms with Gasteiger partial charge < -0.3 is 14.9 Å². The number of nitrogens with zero attached hydrogens (tertiary/aromatic N) is 3. The van der Waals surface area contributed by atoms with Crippen molar-refractivity contribution < 1.29 is 9.50 Å². The van der Waals surface area contributed by atoms with Crippen molar-refractivity contribution in [2.24, 2.45) is 0 Å². The van der Waals surface area contributed by atoms with Gasteiger partial charge in [-0.1, -0.05) is 0 Å². The maximum Gasteiger partial charge on any atom is 0.171 e. The van der Waals surface area contributed by atoms with Gasteiger partial charge in [0.1, 0.15) is 0 Å². The Morgan fingerprint density at radius 3 is 2.94 bits per heavy atom. The fourth-order valence-electron chi connectivity index (χ4n) is 2.25. The van der Waals surface area contributed by atoms with E-state index in [4.69, 9.17) is 5.11 Å². The number of piperazine rings is 1. The fraction of sp³-hybridized carbons (Fsp3) is 0.583. The van der Waals surface area contributed by atoms with Crippen molar-refractivity contribution >= 4 is 5.82 Å². The Hall–Kier alpha value is -1.20. The number of aliphatic hydroxyl groups is 1. The third-order valence-corrected chi connectivity index (χ3v) is 3.22. The molecule has 1 unspecified atom stereocenters. The Labute approximate surface area is 101 Å². The van der Waals surface area contributed by atoms with Crippen molar-refractivity contribution in [1.82, 2.24) is 9.88 Å². The monoisotopic (exact) mass is 239 g/mol. The van der Waals surface area contributed by atoms with Crippen LogP contribution in [-0.2, 0) is 6.61 Å². The van der Waals surface area contributed by atoms with Crippen LogP contribution in [0, 0.1) is 5.82 Å². The molecule has 0 bridgehead atoms. The molecule has 0 spiro atoms. The smallest absolute Gasteiger partial charge is 0.171 e. The van der Waals surface area contributed by atoms with E-state index in [2.05, 4.69) is 23.9 Å². The molecule has 2 rings (SSSR count). The summed E-state index contributed by atoms with van der Waals surface area (Å²) in [6, 6.07) is 1.74. The summed E-state index contributed by atoms with van der Waals surface area (Å²) in [4.78, 5) is 8.29. The molecule has 0 aromatic carbocycles. The Balaban J connectivity index is 2.28. The second-order valence-electron chi connectivity index (χ2n) is 4.57. The van der Waals surface area contributed by atoms with Crippen molar-refractivity contribution in [2.45, 2.75) is 19.6 Å². The maximum absolute atomic E-state index is 14.1. The molecule has 1 aliphatic rings. The van der Waals surface area contributed by atoms with Crippen LogP contribution in [0.2, 0.25) is 0 Å². The molecular weight excluding hydrogens is 221 g/mol. The molecule has 1 aliphatic heterocycles. The van der Waals surface area contributed by atoms with E-state index in [1.807, 2.05) is 4.90 Å². The third-order valence-electron chi connectivity index (χ3n) is 3.22. The molecule has 1 atom stereocenters. The lowest BCUT2D eigenvalue weighted by molar-refractivity contribution is 0.268. The lowest BCUT2D eigenvalue weighted by Crippen LogP contribution is -2.51. The van der Waals surface area contributed by atoms with Crippen LogP contribution in [0.1, 0.15) is 12.5 Å². The van der Waals surface area contributed by atoms with Crippen LogP contribution in [0.25, 0.3) is 0 Å². The molecular formula is C12H18FN3O. The quantitative estimate of drug-likeness (QED) is 0.830. The minimum absolute atomic E-state index is 0.227. The Bertz CT molecular complexity index is 399. The van der Waals surface area contributed by atoms with Crippen LogP contribution >= 0.6 is 0 Å². The van der Waals surface area contributed by atoms with E-state index < -0.39 is 5.82 Å². The molecule has 1 aromatic heterocycles. The summed E-state index contributed by atoms with van der Waals surface area (Å²) in [7, 11) is 2.06. The first-order chi connectivity index (χ1) is 8.13. The Morgan fingerprint density at radius 1 is 1.53 bits per heavy atom. The highest BCUT2D eigenvalue weighted by atomic mass is 19.1. The predicted octanol–water partition coefficient (Wildman–Crippen LogP) is 0.853. The molecule has 1 aromatic rings. The van der Waals surface area contributed by atoms with Crippen molar-refractivity contribution in [2.75, 3.05) is 31.6 Å². The third kappa shape index (κ3) is 2.40. The Morgan fingerprint density at radius 2 is 2.29 bits per heavy atom. The van der Waals surface area contributed by atoms with E-state index in [1.54, 1.807) is 6.20 Å². The van der Waals surface area contributed by atoms with Crippen LogP contribution in [-0.4, -0.2) is 47.7 Å². The average molecular weight is 239 g/mol. The molecule has 94 valence electrons. The molecule has 4 nitrogen and oxygen atoms in total. The van der Waals surface area contributed by atoms with E-state index in [0.717, 1.165) is 19.6 Å². The number of pyridine rings is 1.